The predicted octanol–water partition coefficient (Wildman–Crippen LogP) is 1.72. The van der Waals surface area contributed by atoms with Gasteiger partial charge in [-0.1, -0.05) is 6.07 Å². The quantitative estimate of drug-likeness (QED) is 0.648. The zero-order valence-corrected chi connectivity index (χ0v) is 19.0. The van der Waals surface area contributed by atoms with E-state index in [9.17, 15) is 16.8 Å². The second kappa shape index (κ2) is 7.71. The fraction of sp³-hybridized carbons (Fsp3) is 0.474. The lowest BCUT2D eigenvalue weighted by molar-refractivity contribution is -0.0806. The SMILES string of the molecule is O=S(=O)(c1ccc2c(c1)OCCO2)N1CCC2(CC1)OCCN2S(=O)(=O)c1cccs1. The maximum absolute atomic E-state index is 13.2. The van der Waals surface area contributed by atoms with Gasteiger partial charge in [0.15, 0.2) is 11.5 Å². The molecule has 4 heterocycles. The van der Waals surface area contributed by atoms with Crippen LogP contribution < -0.4 is 9.47 Å². The van der Waals surface area contributed by atoms with Gasteiger partial charge in [0.2, 0.25) is 10.0 Å². The molecular weight excluding hydrogens is 464 g/mol. The van der Waals surface area contributed by atoms with Crippen LogP contribution in [0.5, 0.6) is 11.5 Å². The lowest BCUT2D eigenvalue weighted by Crippen LogP contribution is -2.55. The van der Waals surface area contributed by atoms with Gasteiger partial charge in [-0.3, -0.25) is 0 Å². The van der Waals surface area contributed by atoms with Crippen LogP contribution in [0.2, 0.25) is 0 Å². The number of sulfonamides is 2. The molecule has 1 aromatic carbocycles. The molecule has 0 atom stereocenters. The van der Waals surface area contributed by atoms with Gasteiger partial charge >= 0.3 is 0 Å². The van der Waals surface area contributed by atoms with Crippen LogP contribution in [0.15, 0.2) is 44.8 Å². The van der Waals surface area contributed by atoms with Gasteiger partial charge < -0.3 is 14.2 Å². The van der Waals surface area contributed by atoms with Crippen molar-refractivity contribution in [2.75, 3.05) is 39.5 Å². The normalized spacial score (nSPS) is 22.1. The molecule has 0 N–H and O–H groups in total. The molecule has 31 heavy (non-hydrogen) atoms. The fourth-order valence-electron chi connectivity index (χ4n) is 4.26. The first kappa shape index (κ1) is 21.2. The van der Waals surface area contributed by atoms with Crippen molar-refractivity contribution in [3.63, 3.8) is 0 Å². The van der Waals surface area contributed by atoms with E-state index in [0.717, 1.165) is 11.3 Å². The summed E-state index contributed by atoms with van der Waals surface area (Å²) in [7, 11) is -7.45. The number of hydrogen-bond donors (Lipinski definition) is 0. The van der Waals surface area contributed by atoms with Crippen molar-refractivity contribution in [2.24, 2.45) is 0 Å². The van der Waals surface area contributed by atoms with E-state index >= 15 is 0 Å². The second-order valence-corrected chi connectivity index (χ2v) is 12.5. The minimum Gasteiger partial charge on any atom is -0.486 e. The smallest absolute Gasteiger partial charge is 0.255 e. The Morgan fingerprint density at radius 1 is 0.871 bits per heavy atom. The lowest BCUT2D eigenvalue weighted by Gasteiger charge is -2.42. The van der Waals surface area contributed by atoms with Gasteiger partial charge in [0.25, 0.3) is 10.0 Å². The molecule has 2 saturated heterocycles. The zero-order valence-electron chi connectivity index (χ0n) is 16.6. The number of hydrogen-bond acceptors (Lipinski definition) is 8. The van der Waals surface area contributed by atoms with Crippen LogP contribution in [0.1, 0.15) is 12.8 Å². The molecule has 0 unspecified atom stereocenters. The van der Waals surface area contributed by atoms with Gasteiger partial charge in [0.05, 0.1) is 11.5 Å². The molecule has 0 amide bonds. The third kappa shape index (κ3) is 3.55. The van der Waals surface area contributed by atoms with E-state index in [4.69, 9.17) is 14.2 Å². The van der Waals surface area contributed by atoms with Gasteiger partial charge in [-0.05, 0) is 23.6 Å². The summed E-state index contributed by atoms with van der Waals surface area (Å²) in [4.78, 5) is 0.128. The first-order valence-electron chi connectivity index (χ1n) is 9.93. The van der Waals surface area contributed by atoms with Crippen molar-refractivity contribution in [2.45, 2.75) is 27.7 Å². The summed E-state index contributed by atoms with van der Waals surface area (Å²) in [6.45, 7) is 1.67. The first-order chi connectivity index (χ1) is 14.8. The molecule has 1 spiro atoms. The van der Waals surface area contributed by atoms with Gasteiger partial charge in [-0.15, -0.1) is 11.3 Å². The van der Waals surface area contributed by atoms with Gasteiger partial charge in [-0.2, -0.15) is 8.61 Å². The average Bonchev–Trinajstić information content (AvgIpc) is 3.45. The van der Waals surface area contributed by atoms with Gasteiger partial charge in [-0.25, -0.2) is 16.8 Å². The van der Waals surface area contributed by atoms with Gasteiger partial charge in [0, 0.05) is 38.5 Å². The summed E-state index contributed by atoms with van der Waals surface area (Å²) in [5.41, 5.74) is -1.01. The minimum absolute atomic E-state index is 0.128. The van der Waals surface area contributed by atoms with Crippen LogP contribution in [0.3, 0.4) is 0 Å². The number of ether oxygens (including phenoxy) is 3. The fourth-order valence-corrected chi connectivity index (χ4v) is 8.54. The number of piperidine rings is 1. The van der Waals surface area contributed by atoms with E-state index in [1.807, 2.05) is 0 Å². The molecule has 3 aliphatic heterocycles. The second-order valence-electron chi connectivity index (χ2n) is 7.51. The van der Waals surface area contributed by atoms with Crippen LogP contribution in [-0.2, 0) is 24.8 Å². The highest BCUT2D eigenvalue weighted by Gasteiger charge is 2.52. The maximum Gasteiger partial charge on any atom is 0.255 e. The van der Waals surface area contributed by atoms with Crippen molar-refractivity contribution < 1.29 is 31.0 Å². The van der Waals surface area contributed by atoms with Crippen molar-refractivity contribution in [3.8, 4) is 11.5 Å². The summed E-state index contributed by atoms with van der Waals surface area (Å²) in [5, 5.41) is 1.72. The van der Waals surface area contributed by atoms with E-state index in [0.29, 0.717) is 31.3 Å². The summed E-state index contributed by atoms with van der Waals surface area (Å²) >= 11 is 1.16. The van der Waals surface area contributed by atoms with E-state index in [-0.39, 0.29) is 41.6 Å². The molecule has 2 aromatic rings. The molecule has 0 bridgehead atoms. The van der Waals surface area contributed by atoms with Crippen LogP contribution in [0.25, 0.3) is 0 Å². The molecule has 0 radical (unpaired) electrons. The molecule has 12 heteroatoms. The van der Waals surface area contributed by atoms with E-state index in [2.05, 4.69) is 0 Å². The standard InChI is InChI=1S/C19H22N2O7S3/c22-30(23,15-3-4-16-17(14-15)27-12-11-26-16)20-7-5-19(6-8-20)21(9-10-28-19)31(24,25)18-2-1-13-29-18/h1-4,13-14H,5-12H2. The Hall–Kier alpha value is -1.70. The summed E-state index contributed by atoms with van der Waals surface area (Å²) in [6.07, 6.45) is 0.531. The third-order valence-electron chi connectivity index (χ3n) is 5.81. The minimum atomic E-state index is -3.76. The van der Waals surface area contributed by atoms with Crippen LogP contribution >= 0.6 is 11.3 Å². The predicted molar refractivity (Wildman–Crippen MR) is 112 cm³/mol. The summed E-state index contributed by atoms with van der Waals surface area (Å²) in [6, 6.07) is 7.86. The van der Waals surface area contributed by atoms with Crippen LogP contribution in [-0.4, -0.2) is 70.6 Å². The maximum atomic E-state index is 13.2. The summed E-state index contributed by atoms with van der Waals surface area (Å²) in [5.74, 6) is 0.935. The Labute approximate surface area is 185 Å². The van der Waals surface area contributed by atoms with Crippen molar-refractivity contribution in [1.82, 2.24) is 8.61 Å². The molecule has 0 aliphatic carbocycles. The Morgan fingerprint density at radius 3 is 2.32 bits per heavy atom. The number of thiophene rings is 1. The lowest BCUT2D eigenvalue weighted by atomic mass is 10.0. The average molecular weight is 487 g/mol. The molecule has 0 saturated carbocycles. The number of rotatable bonds is 4. The zero-order chi connectivity index (χ0) is 21.7. The Balaban J connectivity index is 1.36. The molecule has 5 rings (SSSR count). The van der Waals surface area contributed by atoms with Gasteiger partial charge in [0.1, 0.15) is 23.1 Å². The van der Waals surface area contributed by atoms with Crippen LogP contribution in [0, 0.1) is 0 Å². The first-order valence-corrected chi connectivity index (χ1v) is 13.7. The van der Waals surface area contributed by atoms with Crippen molar-refractivity contribution in [1.29, 1.82) is 0 Å². The van der Waals surface area contributed by atoms with E-state index < -0.39 is 25.8 Å². The molecule has 2 fully saturated rings. The van der Waals surface area contributed by atoms with Crippen molar-refractivity contribution >= 4 is 31.4 Å². The Morgan fingerprint density at radius 2 is 1.61 bits per heavy atom. The summed E-state index contributed by atoms with van der Waals surface area (Å²) < 4.78 is 72.5. The highest BCUT2D eigenvalue weighted by atomic mass is 32.2. The third-order valence-corrected chi connectivity index (χ3v) is 11.0. The van der Waals surface area contributed by atoms with Crippen molar-refractivity contribution in [3.05, 3.63) is 35.7 Å². The Kier molecular flexibility index (Phi) is 5.26. The topological polar surface area (TPSA) is 102 Å². The Bertz CT molecular complexity index is 1170. The number of nitrogens with zero attached hydrogens (tertiary/aromatic N) is 2. The number of fused-ring (bicyclic) bond motifs is 1. The molecule has 3 aliphatic rings. The molecule has 168 valence electrons. The number of benzene rings is 1. The highest BCUT2D eigenvalue weighted by molar-refractivity contribution is 7.91. The van der Waals surface area contributed by atoms with E-state index in [1.165, 1.54) is 20.7 Å². The highest BCUT2D eigenvalue weighted by Crippen LogP contribution is 2.40. The van der Waals surface area contributed by atoms with Crippen LogP contribution in [0.4, 0.5) is 0 Å². The monoisotopic (exact) mass is 486 g/mol. The molecule has 9 nitrogen and oxygen atoms in total. The molecular formula is C19H22N2O7S3. The van der Waals surface area contributed by atoms with E-state index in [1.54, 1.807) is 23.6 Å². The molecule has 1 aromatic heterocycles. The largest absolute Gasteiger partial charge is 0.486 e.